The fourth-order valence-corrected chi connectivity index (χ4v) is 9.73. The van der Waals surface area contributed by atoms with Crippen molar-refractivity contribution in [3.63, 3.8) is 0 Å². The van der Waals surface area contributed by atoms with Crippen molar-refractivity contribution in [3.05, 3.63) is 0 Å². The molecule has 0 aromatic heterocycles. The number of hydrogen-bond donors (Lipinski definition) is 5. The molecular formula is C29H51N3O3. The second-order valence-electron chi connectivity index (χ2n) is 14.0. The molecule has 1 amide bonds. The topological polar surface area (TPSA) is 113 Å². The van der Waals surface area contributed by atoms with Crippen LogP contribution in [0.5, 0.6) is 0 Å². The van der Waals surface area contributed by atoms with Gasteiger partial charge in [0.15, 0.2) is 0 Å². The first-order chi connectivity index (χ1) is 16.6. The minimum absolute atomic E-state index is 0.0786. The van der Waals surface area contributed by atoms with Crippen molar-refractivity contribution in [2.45, 2.75) is 123 Å². The molecule has 6 heteroatoms. The van der Waals surface area contributed by atoms with Crippen LogP contribution in [0.1, 0.15) is 105 Å². The van der Waals surface area contributed by atoms with Crippen LogP contribution in [0.2, 0.25) is 0 Å². The van der Waals surface area contributed by atoms with Crippen LogP contribution in [0.15, 0.2) is 0 Å². The Kier molecular flexibility index (Phi) is 7.09. The van der Waals surface area contributed by atoms with Crippen molar-refractivity contribution in [2.75, 3.05) is 6.54 Å². The van der Waals surface area contributed by atoms with Crippen LogP contribution >= 0.6 is 0 Å². The lowest BCUT2D eigenvalue weighted by molar-refractivity contribution is -0.174. The Morgan fingerprint density at radius 2 is 1.71 bits per heavy atom. The predicted molar refractivity (Wildman–Crippen MR) is 138 cm³/mol. The van der Waals surface area contributed by atoms with Crippen LogP contribution in [-0.4, -0.2) is 40.5 Å². The number of hydrogen-bond acceptors (Lipinski definition) is 5. The zero-order valence-electron chi connectivity index (χ0n) is 22.6. The lowest BCUT2D eigenvalue weighted by Gasteiger charge is -2.62. The maximum absolute atomic E-state index is 12.5. The normalized spacial score (nSPS) is 46.7. The number of aliphatic hydroxyl groups excluding tert-OH is 2. The highest BCUT2D eigenvalue weighted by molar-refractivity contribution is 5.75. The van der Waals surface area contributed by atoms with Gasteiger partial charge in [-0.1, -0.05) is 20.8 Å². The number of carbonyl (C=O) groups is 1. The number of fused-ring (bicyclic) bond motifs is 5. The van der Waals surface area contributed by atoms with E-state index < -0.39 is 0 Å². The van der Waals surface area contributed by atoms with E-state index in [1.807, 2.05) is 0 Å². The van der Waals surface area contributed by atoms with Gasteiger partial charge < -0.3 is 15.5 Å². The smallest absolute Gasteiger partial charge is 0.220 e. The predicted octanol–water partition coefficient (Wildman–Crippen LogP) is 4.11. The Morgan fingerprint density at radius 1 is 1.00 bits per heavy atom. The van der Waals surface area contributed by atoms with Crippen molar-refractivity contribution in [3.8, 4) is 0 Å². The minimum Gasteiger partial charge on any atom is -0.393 e. The first kappa shape index (κ1) is 25.9. The van der Waals surface area contributed by atoms with Gasteiger partial charge in [0.05, 0.1) is 17.9 Å². The second-order valence-corrected chi connectivity index (χ2v) is 14.0. The third-order valence-electron chi connectivity index (χ3n) is 12.0. The molecule has 5 fully saturated rings. The van der Waals surface area contributed by atoms with Crippen molar-refractivity contribution < 1.29 is 15.0 Å². The first-order valence-electron chi connectivity index (χ1n) is 14.7. The van der Waals surface area contributed by atoms with Crippen molar-refractivity contribution >= 4 is 5.91 Å². The second kappa shape index (κ2) is 9.56. The molecule has 35 heavy (non-hydrogen) atoms. The van der Waals surface area contributed by atoms with Crippen LogP contribution in [0.4, 0.5) is 0 Å². The van der Waals surface area contributed by atoms with Gasteiger partial charge in [-0.15, -0.1) is 0 Å². The molecule has 10 atom stereocenters. The van der Waals surface area contributed by atoms with E-state index in [0.29, 0.717) is 41.9 Å². The molecule has 1 aliphatic heterocycles. The monoisotopic (exact) mass is 489 g/mol. The van der Waals surface area contributed by atoms with Gasteiger partial charge in [-0.2, -0.15) is 0 Å². The molecule has 200 valence electrons. The van der Waals surface area contributed by atoms with Crippen molar-refractivity contribution in [1.82, 2.24) is 16.2 Å². The summed E-state index contributed by atoms with van der Waals surface area (Å²) in [5.74, 6) is 3.49. The van der Waals surface area contributed by atoms with Gasteiger partial charge in [0.25, 0.3) is 0 Å². The molecule has 6 nitrogen and oxygen atoms in total. The van der Waals surface area contributed by atoms with E-state index in [2.05, 4.69) is 43.9 Å². The van der Waals surface area contributed by atoms with Crippen molar-refractivity contribution in [2.24, 2.45) is 46.3 Å². The van der Waals surface area contributed by atoms with Gasteiger partial charge in [-0.25, -0.2) is 10.9 Å². The molecule has 4 saturated carbocycles. The Hall–Kier alpha value is -0.690. The molecule has 5 N–H and O–H groups in total. The van der Waals surface area contributed by atoms with E-state index in [1.54, 1.807) is 0 Å². The maximum atomic E-state index is 12.5. The fraction of sp³-hybridized carbons (Fsp3) is 0.966. The number of amides is 1. The van der Waals surface area contributed by atoms with Crippen LogP contribution < -0.4 is 16.2 Å². The largest absolute Gasteiger partial charge is 0.393 e. The van der Waals surface area contributed by atoms with Gasteiger partial charge >= 0.3 is 0 Å². The Balaban J connectivity index is 1.17. The molecule has 0 bridgehead atoms. The lowest BCUT2D eigenvalue weighted by atomic mass is 9.43. The zero-order valence-corrected chi connectivity index (χ0v) is 22.6. The third kappa shape index (κ3) is 4.82. The lowest BCUT2D eigenvalue weighted by Crippen LogP contribution is -2.58. The summed E-state index contributed by atoms with van der Waals surface area (Å²) in [4.78, 5) is 12.5. The summed E-state index contributed by atoms with van der Waals surface area (Å²) in [6.07, 6.45) is 12.0. The average molecular weight is 490 g/mol. The van der Waals surface area contributed by atoms with E-state index in [4.69, 9.17) is 0 Å². The number of carbonyl (C=O) groups excluding carboxylic acids is 1. The minimum atomic E-state index is -0.212. The number of aliphatic hydroxyl groups is 2. The third-order valence-corrected chi connectivity index (χ3v) is 12.0. The molecule has 0 aromatic rings. The van der Waals surface area contributed by atoms with Gasteiger partial charge in [-0.05, 0) is 124 Å². The van der Waals surface area contributed by atoms with Crippen LogP contribution in [-0.2, 0) is 4.79 Å². The molecule has 5 aliphatic rings. The van der Waals surface area contributed by atoms with Crippen LogP contribution in [0, 0.1) is 46.3 Å². The van der Waals surface area contributed by atoms with E-state index in [-0.39, 0.29) is 34.6 Å². The van der Waals surface area contributed by atoms with Crippen LogP contribution in [0.25, 0.3) is 0 Å². The molecule has 0 spiro atoms. The molecule has 1 heterocycles. The summed E-state index contributed by atoms with van der Waals surface area (Å²) in [5, 5.41) is 24.8. The van der Waals surface area contributed by atoms with Gasteiger partial charge in [0, 0.05) is 13.0 Å². The molecule has 0 aromatic carbocycles. The van der Waals surface area contributed by atoms with Gasteiger partial charge in [0.1, 0.15) is 0 Å². The number of hydrazine groups is 1. The molecule has 5 rings (SSSR count). The molecule has 0 radical (unpaired) electrons. The molecule has 1 unspecified atom stereocenters. The molecule has 4 aliphatic carbocycles. The SMILES string of the molecule is C[C@H](CCC(=O)NCCCC1(C)NN1)[C@H]1CC[C@H]2[C@@H]3[C@@H](O)CC4C[C@H](O)CC[C@]4(C)[C@H]3CC[C@]12C. The average Bonchev–Trinajstić information content (AvgIpc) is 3.44. The Bertz CT molecular complexity index is 787. The summed E-state index contributed by atoms with van der Waals surface area (Å²) in [6.45, 7) is 10.3. The molecular weight excluding hydrogens is 438 g/mol. The van der Waals surface area contributed by atoms with E-state index >= 15 is 0 Å². The standard InChI is InChI=1S/C29H51N3O3/c1-18(6-9-25(35)30-15-5-12-29(4)31-32-29)21-7-8-22-26-23(11-14-28(21,22)3)27(2)13-10-20(33)16-19(27)17-24(26)34/h18-24,26,31-34H,5-17H2,1-4H3,(H,30,35)/t18-,19?,20-,21-,22+,23+,24+,26+,27+,28-/m1/s1. The number of nitrogens with one attached hydrogen (secondary N) is 3. The highest BCUT2D eigenvalue weighted by Gasteiger charge is 2.62. The summed E-state index contributed by atoms with van der Waals surface area (Å²) < 4.78 is 0. The summed E-state index contributed by atoms with van der Waals surface area (Å²) in [5.41, 5.74) is 6.94. The van der Waals surface area contributed by atoms with E-state index in [1.165, 1.54) is 25.7 Å². The Labute approximate surface area is 212 Å². The number of rotatable bonds is 8. The zero-order chi connectivity index (χ0) is 25.0. The van der Waals surface area contributed by atoms with E-state index in [0.717, 1.165) is 51.5 Å². The fourth-order valence-electron chi connectivity index (χ4n) is 9.73. The van der Waals surface area contributed by atoms with Gasteiger partial charge in [0.2, 0.25) is 5.91 Å². The van der Waals surface area contributed by atoms with E-state index in [9.17, 15) is 15.0 Å². The quantitative estimate of drug-likeness (QED) is 0.260. The highest BCUT2D eigenvalue weighted by Crippen LogP contribution is 2.68. The van der Waals surface area contributed by atoms with Gasteiger partial charge in [-0.3, -0.25) is 4.79 Å². The van der Waals surface area contributed by atoms with Crippen molar-refractivity contribution in [1.29, 1.82) is 0 Å². The van der Waals surface area contributed by atoms with Crippen LogP contribution in [0.3, 0.4) is 0 Å². The highest BCUT2D eigenvalue weighted by atomic mass is 16.3. The maximum Gasteiger partial charge on any atom is 0.220 e. The summed E-state index contributed by atoms with van der Waals surface area (Å²) >= 11 is 0. The summed E-state index contributed by atoms with van der Waals surface area (Å²) in [6, 6.07) is 0. The summed E-state index contributed by atoms with van der Waals surface area (Å²) in [7, 11) is 0. The first-order valence-corrected chi connectivity index (χ1v) is 14.7. The Morgan fingerprint density at radius 3 is 2.46 bits per heavy atom. The molecule has 1 saturated heterocycles.